The van der Waals surface area contributed by atoms with Gasteiger partial charge in [-0.15, -0.1) is 0 Å². The average Bonchev–Trinajstić information content (AvgIpc) is 3.12. The van der Waals surface area contributed by atoms with Gasteiger partial charge in [-0.3, -0.25) is 14.2 Å². The lowest BCUT2D eigenvalue weighted by Gasteiger charge is -2.12. The standard InChI is InChI=1S/C19H19Br2ClFN5O/c1-10(7-28-12(3)17(21)11(2)25-28)19(29)24-18-14(20)9-27(26-18)8-13-15(22)5-4-6-16(13)23/h4-6,9-10H,7-8H2,1-3H3,(H,24,26,29). The van der Waals surface area contributed by atoms with E-state index in [0.717, 1.165) is 15.9 Å². The number of benzene rings is 1. The van der Waals surface area contributed by atoms with Crippen molar-refractivity contribution in [2.75, 3.05) is 5.32 Å². The SMILES string of the molecule is Cc1nn(CC(C)C(=O)Nc2nn(Cc3c(F)cccc3Cl)cc2Br)c(C)c1Br. The molecule has 0 saturated heterocycles. The molecule has 0 saturated carbocycles. The van der Waals surface area contributed by atoms with Crippen LogP contribution < -0.4 is 5.32 Å². The van der Waals surface area contributed by atoms with Crippen LogP contribution in [0.1, 0.15) is 23.9 Å². The van der Waals surface area contributed by atoms with Crippen molar-refractivity contribution in [1.82, 2.24) is 19.6 Å². The largest absolute Gasteiger partial charge is 0.308 e. The van der Waals surface area contributed by atoms with E-state index >= 15 is 0 Å². The maximum absolute atomic E-state index is 14.0. The first kappa shape index (κ1) is 22.0. The quantitative estimate of drug-likeness (QED) is 0.453. The molecule has 0 aliphatic heterocycles. The summed E-state index contributed by atoms with van der Waals surface area (Å²) in [5.74, 6) is -0.565. The lowest BCUT2D eigenvalue weighted by atomic mass is 10.1. The Hall–Kier alpha value is -1.71. The van der Waals surface area contributed by atoms with Crippen molar-refractivity contribution in [3.05, 3.63) is 61.1 Å². The number of anilines is 1. The van der Waals surface area contributed by atoms with E-state index in [0.29, 0.717) is 27.4 Å². The molecule has 1 amide bonds. The molecule has 0 fully saturated rings. The number of aromatic nitrogens is 4. The topological polar surface area (TPSA) is 64.7 Å². The van der Waals surface area contributed by atoms with E-state index in [-0.39, 0.29) is 18.4 Å². The molecule has 1 aromatic carbocycles. The maximum Gasteiger partial charge on any atom is 0.230 e. The molecule has 2 heterocycles. The highest BCUT2D eigenvalue weighted by atomic mass is 79.9. The molecule has 154 valence electrons. The number of carbonyl (C=O) groups excluding carboxylic acids is 1. The molecule has 10 heteroatoms. The van der Waals surface area contributed by atoms with Gasteiger partial charge in [0.15, 0.2) is 5.82 Å². The molecule has 0 aliphatic rings. The summed E-state index contributed by atoms with van der Waals surface area (Å²) in [6.45, 7) is 6.26. The smallest absolute Gasteiger partial charge is 0.230 e. The minimum absolute atomic E-state index is 0.148. The van der Waals surface area contributed by atoms with Crippen LogP contribution in [0.25, 0.3) is 0 Å². The number of carbonyl (C=O) groups is 1. The van der Waals surface area contributed by atoms with Gasteiger partial charge in [0.25, 0.3) is 0 Å². The van der Waals surface area contributed by atoms with Crippen molar-refractivity contribution < 1.29 is 9.18 Å². The molecular weight excluding hydrogens is 529 g/mol. The summed E-state index contributed by atoms with van der Waals surface area (Å²) < 4.78 is 18.9. The van der Waals surface area contributed by atoms with E-state index in [9.17, 15) is 9.18 Å². The number of hydrogen-bond donors (Lipinski definition) is 1. The first-order valence-corrected chi connectivity index (χ1v) is 10.8. The first-order chi connectivity index (χ1) is 13.7. The van der Waals surface area contributed by atoms with Gasteiger partial charge in [0.2, 0.25) is 5.91 Å². The molecule has 6 nitrogen and oxygen atoms in total. The van der Waals surface area contributed by atoms with Crippen LogP contribution >= 0.6 is 43.5 Å². The van der Waals surface area contributed by atoms with Crippen molar-refractivity contribution in [2.24, 2.45) is 5.92 Å². The molecule has 29 heavy (non-hydrogen) atoms. The van der Waals surface area contributed by atoms with Crippen LogP contribution in [-0.4, -0.2) is 25.5 Å². The molecule has 0 radical (unpaired) electrons. The molecule has 1 unspecified atom stereocenters. The van der Waals surface area contributed by atoms with Crippen LogP contribution in [0, 0.1) is 25.6 Å². The molecule has 1 N–H and O–H groups in total. The first-order valence-electron chi connectivity index (χ1n) is 8.83. The minimum atomic E-state index is -0.403. The molecule has 3 rings (SSSR count). The second-order valence-corrected chi connectivity index (χ2v) is 8.84. The summed E-state index contributed by atoms with van der Waals surface area (Å²) in [5, 5.41) is 11.9. The third kappa shape index (κ3) is 4.90. The molecule has 3 aromatic rings. The molecule has 0 aliphatic carbocycles. The van der Waals surface area contributed by atoms with Gasteiger partial charge < -0.3 is 5.32 Å². The normalized spacial score (nSPS) is 12.2. The number of rotatable bonds is 6. The number of nitrogens with zero attached hydrogens (tertiary/aromatic N) is 4. The van der Waals surface area contributed by atoms with Crippen molar-refractivity contribution in [3.63, 3.8) is 0 Å². The van der Waals surface area contributed by atoms with E-state index in [1.54, 1.807) is 23.0 Å². The summed E-state index contributed by atoms with van der Waals surface area (Å²) in [6, 6.07) is 4.52. The van der Waals surface area contributed by atoms with Gasteiger partial charge in [-0.25, -0.2) is 4.39 Å². The number of nitrogens with one attached hydrogen (secondary N) is 1. The van der Waals surface area contributed by atoms with Gasteiger partial charge in [0.1, 0.15) is 5.82 Å². The van der Waals surface area contributed by atoms with Crippen LogP contribution in [-0.2, 0) is 17.9 Å². The zero-order valence-electron chi connectivity index (χ0n) is 16.0. The molecule has 2 aromatic heterocycles. The lowest BCUT2D eigenvalue weighted by molar-refractivity contribution is -0.119. The second-order valence-electron chi connectivity index (χ2n) is 6.78. The predicted molar refractivity (Wildman–Crippen MR) is 118 cm³/mol. The Morgan fingerprint density at radius 2 is 2.03 bits per heavy atom. The van der Waals surface area contributed by atoms with E-state index in [2.05, 4.69) is 47.4 Å². The van der Waals surface area contributed by atoms with Crippen LogP contribution in [0.2, 0.25) is 5.02 Å². The third-order valence-electron chi connectivity index (χ3n) is 4.53. The molecule has 0 spiro atoms. The summed E-state index contributed by atoms with van der Waals surface area (Å²) in [6.07, 6.45) is 1.67. The van der Waals surface area contributed by atoms with Gasteiger partial charge in [-0.1, -0.05) is 24.6 Å². The zero-order chi connectivity index (χ0) is 21.3. The Balaban J connectivity index is 1.70. The van der Waals surface area contributed by atoms with E-state index in [4.69, 9.17) is 11.6 Å². The molecule has 0 bridgehead atoms. The fraction of sp³-hybridized carbons (Fsp3) is 0.316. The average molecular weight is 548 g/mol. The van der Waals surface area contributed by atoms with Crippen LogP contribution in [0.3, 0.4) is 0 Å². The van der Waals surface area contributed by atoms with Gasteiger partial charge in [-0.2, -0.15) is 10.2 Å². The highest BCUT2D eigenvalue weighted by Gasteiger charge is 2.20. The maximum atomic E-state index is 14.0. The Kier molecular flexibility index (Phi) is 6.80. The van der Waals surface area contributed by atoms with E-state index in [1.165, 1.54) is 10.7 Å². The predicted octanol–water partition coefficient (Wildman–Crippen LogP) is 5.34. The summed E-state index contributed by atoms with van der Waals surface area (Å²) in [7, 11) is 0. The number of halogens is 4. The highest BCUT2D eigenvalue weighted by molar-refractivity contribution is 9.11. The van der Waals surface area contributed by atoms with E-state index in [1.807, 2.05) is 20.8 Å². The fourth-order valence-electron chi connectivity index (χ4n) is 2.84. The Labute approximate surface area is 189 Å². The Morgan fingerprint density at radius 3 is 2.66 bits per heavy atom. The van der Waals surface area contributed by atoms with Crippen molar-refractivity contribution in [3.8, 4) is 0 Å². The number of amides is 1. The summed E-state index contributed by atoms with van der Waals surface area (Å²) >= 11 is 13.0. The van der Waals surface area contributed by atoms with Gasteiger partial charge in [0.05, 0.1) is 33.6 Å². The summed E-state index contributed by atoms with van der Waals surface area (Å²) in [4.78, 5) is 12.6. The van der Waals surface area contributed by atoms with Gasteiger partial charge in [0, 0.05) is 22.5 Å². The molecular formula is C19H19Br2ClFN5O. The van der Waals surface area contributed by atoms with Crippen LogP contribution in [0.4, 0.5) is 10.2 Å². The lowest BCUT2D eigenvalue weighted by Crippen LogP contribution is -2.25. The van der Waals surface area contributed by atoms with E-state index < -0.39 is 5.82 Å². The van der Waals surface area contributed by atoms with Crippen LogP contribution in [0.5, 0.6) is 0 Å². The Bertz CT molecular complexity index is 1050. The van der Waals surface area contributed by atoms with Crippen molar-refractivity contribution in [2.45, 2.75) is 33.9 Å². The minimum Gasteiger partial charge on any atom is -0.308 e. The second kappa shape index (κ2) is 8.97. The summed E-state index contributed by atoms with van der Waals surface area (Å²) in [5.41, 5.74) is 2.18. The van der Waals surface area contributed by atoms with Gasteiger partial charge in [-0.05, 0) is 57.8 Å². The van der Waals surface area contributed by atoms with Crippen molar-refractivity contribution >= 4 is 55.2 Å². The zero-order valence-corrected chi connectivity index (χ0v) is 19.9. The van der Waals surface area contributed by atoms with Crippen LogP contribution in [0.15, 0.2) is 33.3 Å². The number of aryl methyl sites for hydroxylation is 1. The monoisotopic (exact) mass is 545 g/mol. The van der Waals surface area contributed by atoms with Crippen molar-refractivity contribution in [1.29, 1.82) is 0 Å². The third-order valence-corrected chi connectivity index (χ3v) is 6.61. The molecule has 1 atom stereocenters. The van der Waals surface area contributed by atoms with Gasteiger partial charge >= 0.3 is 0 Å². The fourth-order valence-corrected chi connectivity index (χ4v) is 3.76. The number of hydrogen-bond acceptors (Lipinski definition) is 3. The highest BCUT2D eigenvalue weighted by Crippen LogP contribution is 2.25. The Morgan fingerprint density at radius 1 is 1.31 bits per heavy atom.